The molecule has 1 saturated heterocycles. The molecule has 366 valence electrons. The van der Waals surface area contributed by atoms with Crippen molar-refractivity contribution >= 4 is 107 Å². The minimum Gasteiger partial charge on any atom is -0.481 e. The van der Waals surface area contributed by atoms with Crippen LogP contribution >= 0.6 is 54.5 Å². The molecule has 71 heavy (non-hydrogen) atoms. The van der Waals surface area contributed by atoms with Crippen LogP contribution in [0.4, 0.5) is 24.5 Å². The number of amides is 4. The first kappa shape index (κ1) is 51.3. The Labute approximate surface area is 438 Å². The van der Waals surface area contributed by atoms with E-state index in [1.165, 1.54) is 0 Å². The molecule has 3 N–H and O–H groups in total. The number of aromatic nitrogens is 3. The largest absolute Gasteiger partial charge is 0.481 e. The van der Waals surface area contributed by atoms with Crippen LogP contribution in [0.1, 0.15) is 81.9 Å². The third kappa shape index (κ3) is 13.3. The van der Waals surface area contributed by atoms with Crippen molar-refractivity contribution in [2.24, 2.45) is 0 Å². The average Bonchev–Trinajstić information content (AvgIpc) is 3.94. The Morgan fingerprint density at radius 1 is 0.944 bits per heavy atom. The van der Waals surface area contributed by atoms with E-state index in [4.69, 9.17) is 4.74 Å². The first-order valence-electron chi connectivity index (χ1n) is 22.8. The normalized spacial score (nSPS) is 14.2. The maximum absolute atomic E-state index is 14.1. The third-order valence-corrected chi connectivity index (χ3v) is 13.7. The molecule has 8 rings (SSSR count). The third-order valence-electron chi connectivity index (χ3n) is 11.9. The maximum Gasteiger partial charge on any atom is 0.416 e. The van der Waals surface area contributed by atoms with Gasteiger partial charge >= 0.3 is 6.18 Å². The van der Waals surface area contributed by atoms with Gasteiger partial charge in [0, 0.05) is 101 Å². The zero-order valence-electron chi connectivity index (χ0n) is 38.3. The molecule has 13 nitrogen and oxygen atoms in total. The van der Waals surface area contributed by atoms with Crippen LogP contribution in [0.3, 0.4) is 0 Å². The van der Waals surface area contributed by atoms with Crippen LogP contribution in [0.25, 0.3) is 17.3 Å². The number of hydrogen-bond donors (Lipinski definition) is 3. The summed E-state index contributed by atoms with van der Waals surface area (Å²) in [7, 11) is 0. The zero-order valence-corrected chi connectivity index (χ0v) is 43.6. The molecule has 0 bridgehead atoms. The number of nitrogens with zero attached hydrogens (tertiary/aromatic N) is 5. The molecule has 4 aromatic carbocycles. The van der Waals surface area contributed by atoms with Gasteiger partial charge in [0.1, 0.15) is 5.75 Å². The molecule has 0 radical (unpaired) electrons. The van der Waals surface area contributed by atoms with Crippen LogP contribution in [0.5, 0.6) is 5.75 Å². The van der Waals surface area contributed by atoms with Crippen molar-refractivity contribution in [2.45, 2.75) is 51.7 Å². The SMILES string of the molecule is CCc1ccc(C(=O)Nc2cc(CN3CCN(C(=O)CCCCCNC(=O)COc4c(Br)cc(/C=C5\C(=O)Nc6ccc(I)cc65)cc4Br)CC3)cc(C(F)(F)F)c2)cc1C#Cc1cnc2ccnn2c1. The molecule has 1 fully saturated rings. The monoisotopic (exact) mass is 1200 g/mol. The highest BCUT2D eigenvalue weighted by Crippen LogP contribution is 2.39. The molecule has 4 heterocycles. The van der Waals surface area contributed by atoms with Gasteiger partial charge in [0.25, 0.3) is 17.7 Å². The lowest BCUT2D eigenvalue weighted by Crippen LogP contribution is -2.48. The van der Waals surface area contributed by atoms with Gasteiger partial charge in [-0.3, -0.25) is 24.1 Å². The van der Waals surface area contributed by atoms with Gasteiger partial charge in [-0.15, -0.1) is 0 Å². The molecule has 0 atom stereocenters. The fraction of sp³-hybridized carbons (Fsp3) is 0.269. The summed E-state index contributed by atoms with van der Waals surface area (Å²) in [6.07, 6.45) is 5.20. The molecule has 2 aromatic heterocycles. The van der Waals surface area contributed by atoms with Crippen molar-refractivity contribution < 1.29 is 37.1 Å². The number of unbranched alkanes of at least 4 members (excludes halogenated alkanes) is 2. The first-order chi connectivity index (χ1) is 34.1. The number of nitrogens with one attached hydrogen (secondary N) is 3. The van der Waals surface area contributed by atoms with Crippen LogP contribution in [0, 0.1) is 15.4 Å². The van der Waals surface area contributed by atoms with Crippen molar-refractivity contribution in [3.63, 3.8) is 0 Å². The number of hydrogen-bond acceptors (Lipinski definition) is 8. The minimum absolute atomic E-state index is 0.00414. The highest BCUT2D eigenvalue weighted by Gasteiger charge is 2.32. The van der Waals surface area contributed by atoms with Gasteiger partial charge in [-0.25, -0.2) is 9.50 Å². The van der Waals surface area contributed by atoms with Gasteiger partial charge in [0.15, 0.2) is 12.3 Å². The van der Waals surface area contributed by atoms with Crippen LogP contribution in [-0.2, 0) is 33.5 Å². The van der Waals surface area contributed by atoms with Gasteiger partial charge in [-0.2, -0.15) is 18.3 Å². The van der Waals surface area contributed by atoms with Gasteiger partial charge in [-0.05, 0) is 157 Å². The average molecular weight is 1210 g/mol. The van der Waals surface area contributed by atoms with Gasteiger partial charge in [0.05, 0.1) is 26.3 Å². The number of aryl methyl sites for hydroxylation is 1. The second-order valence-corrected chi connectivity index (χ2v) is 19.9. The molecule has 4 amide bonds. The van der Waals surface area contributed by atoms with E-state index in [9.17, 15) is 32.3 Å². The number of carbonyl (C=O) groups is 4. The summed E-state index contributed by atoms with van der Waals surface area (Å²) in [6.45, 7) is 4.18. The van der Waals surface area contributed by atoms with Crippen LogP contribution in [0.2, 0.25) is 0 Å². The Kier molecular flexibility index (Phi) is 16.6. The molecule has 2 aliphatic heterocycles. The maximum atomic E-state index is 14.1. The summed E-state index contributed by atoms with van der Waals surface area (Å²) in [6, 6.07) is 19.8. The molecule has 19 heteroatoms. The standard InChI is InChI=1S/C52H46Br2F3IN8O5/c1-2-35-9-10-37(25-36(35)8-7-32-28-60-46-13-15-61-66(46)30-32)50(69)62-40-21-34(20-38(26-40)52(55,56)57)29-64-16-18-65(19-17-64)48(68)6-4-3-5-14-59-47(67)31-71-49-43(53)23-33(24-44(49)54)22-42-41-27-39(58)11-12-45(41)63-51(42)70/h9-13,15,20-28,30H,2-6,14,16-19,29,31H2,1H3,(H,59,67)(H,62,69)(H,63,70)/b42-22-. The lowest BCUT2D eigenvalue weighted by atomic mass is 10.0. The van der Waals surface area contributed by atoms with Crippen LogP contribution in [0.15, 0.2) is 100 Å². The minimum atomic E-state index is -4.64. The number of ether oxygens (including phenoxy) is 1. The predicted molar refractivity (Wildman–Crippen MR) is 281 cm³/mol. The lowest BCUT2D eigenvalue weighted by Gasteiger charge is -2.35. The van der Waals surface area contributed by atoms with E-state index in [1.54, 1.807) is 64.4 Å². The number of fused-ring (bicyclic) bond motifs is 2. The fourth-order valence-electron chi connectivity index (χ4n) is 8.22. The van der Waals surface area contributed by atoms with E-state index in [0.29, 0.717) is 101 Å². The Morgan fingerprint density at radius 2 is 1.73 bits per heavy atom. The Morgan fingerprint density at radius 3 is 2.49 bits per heavy atom. The van der Waals surface area contributed by atoms with E-state index < -0.39 is 17.6 Å². The molecule has 6 aromatic rings. The van der Waals surface area contributed by atoms with Gasteiger partial charge < -0.3 is 25.6 Å². The molecule has 0 unspecified atom stereocenters. The van der Waals surface area contributed by atoms with E-state index in [1.807, 2.05) is 42.2 Å². The van der Waals surface area contributed by atoms with Crippen molar-refractivity contribution in [3.05, 3.63) is 148 Å². The fourth-order valence-corrected chi connectivity index (χ4v) is 10.2. The molecule has 0 aliphatic carbocycles. The van der Waals surface area contributed by atoms with E-state index >= 15 is 0 Å². The summed E-state index contributed by atoms with van der Waals surface area (Å²) in [5, 5.41) is 12.6. The highest BCUT2D eigenvalue weighted by atomic mass is 127. The highest BCUT2D eigenvalue weighted by molar-refractivity contribution is 14.1. The lowest BCUT2D eigenvalue weighted by molar-refractivity contribution is -0.137. The molecular formula is C52H46Br2F3IN8O5. The summed E-state index contributed by atoms with van der Waals surface area (Å²) in [5.74, 6) is 5.59. The van der Waals surface area contributed by atoms with Crippen molar-refractivity contribution in [2.75, 3.05) is 50.0 Å². The number of piperazine rings is 1. The predicted octanol–water partition coefficient (Wildman–Crippen LogP) is 9.98. The van der Waals surface area contributed by atoms with Gasteiger partial charge in [-0.1, -0.05) is 31.3 Å². The first-order valence-corrected chi connectivity index (χ1v) is 25.4. The number of halogens is 6. The summed E-state index contributed by atoms with van der Waals surface area (Å²) in [5.41, 5.74) is 5.50. The summed E-state index contributed by atoms with van der Waals surface area (Å²) >= 11 is 9.27. The van der Waals surface area contributed by atoms with Crippen molar-refractivity contribution in [3.8, 4) is 17.6 Å². The van der Waals surface area contributed by atoms with Crippen molar-refractivity contribution in [1.29, 1.82) is 0 Å². The second kappa shape index (κ2) is 23.0. The molecular weight excluding hydrogens is 1160 g/mol. The number of alkyl halides is 3. The van der Waals surface area contributed by atoms with Gasteiger partial charge in [0.2, 0.25) is 5.91 Å². The summed E-state index contributed by atoms with van der Waals surface area (Å²) in [4.78, 5) is 60.0. The Balaban J connectivity index is 0.762. The Bertz CT molecular complexity index is 3100. The van der Waals surface area contributed by atoms with Crippen molar-refractivity contribution in [1.82, 2.24) is 29.7 Å². The quantitative estimate of drug-likeness (QED) is 0.0398. The molecule has 0 saturated carbocycles. The van der Waals surface area contributed by atoms with Crippen LogP contribution < -0.4 is 20.7 Å². The number of anilines is 2. The molecule has 2 aliphatic rings. The zero-order chi connectivity index (χ0) is 50.2. The summed E-state index contributed by atoms with van der Waals surface area (Å²) < 4.78 is 52.1. The van der Waals surface area contributed by atoms with E-state index in [2.05, 4.69) is 92.3 Å². The smallest absolute Gasteiger partial charge is 0.416 e. The molecule has 0 spiro atoms. The second-order valence-electron chi connectivity index (χ2n) is 16.9. The Hall–Kier alpha value is -6.08. The van der Waals surface area contributed by atoms with Crippen LogP contribution in [-0.4, -0.2) is 87.4 Å². The number of benzene rings is 4. The number of carbonyl (C=O) groups excluding carboxylic acids is 4. The van der Waals surface area contributed by atoms with E-state index in [0.717, 1.165) is 44.5 Å². The van der Waals surface area contributed by atoms with E-state index in [-0.39, 0.29) is 42.1 Å². The number of rotatable bonds is 15. The topological polar surface area (TPSA) is 150 Å².